The zero-order chi connectivity index (χ0) is 11.5. The Bertz CT molecular complexity index is 370. The summed E-state index contributed by atoms with van der Waals surface area (Å²) in [5, 5.41) is 0.742. The number of anilines is 1. The van der Waals surface area contributed by atoms with Gasteiger partial charge in [-0.05, 0) is 19.1 Å². The molecule has 1 aromatic rings. The summed E-state index contributed by atoms with van der Waals surface area (Å²) in [6.07, 6.45) is 0. The van der Waals surface area contributed by atoms with Crippen LogP contribution in [0.5, 0.6) is 0 Å². The minimum atomic E-state index is 0.370. The average molecular weight is 260 g/mol. The highest BCUT2D eigenvalue weighted by Gasteiger charge is 2.21. The van der Waals surface area contributed by atoms with Gasteiger partial charge in [0.25, 0.3) is 0 Å². The number of benzene rings is 1. The third-order valence-electron chi connectivity index (χ3n) is 2.90. The van der Waals surface area contributed by atoms with Crippen LogP contribution in [0.25, 0.3) is 0 Å². The SMILES string of the molecule is CC1COCCN1c1cccc(Cl)c1CCl. The average Bonchev–Trinajstić information content (AvgIpc) is 2.29. The van der Waals surface area contributed by atoms with Gasteiger partial charge >= 0.3 is 0 Å². The lowest BCUT2D eigenvalue weighted by atomic mass is 10.1. The molecule has 1 saturated heterocycles. The summed E-state index contributed by atoms with van der Waals surface area (Å²) in [6, 6.07) is 6.30. The fourth-order valence-electron chi connectivity index (χ4n) is 2.03. The van der Waals surface area contributed by atoms with Gasteiger partial charge in [-0.15, -0.1) is 11.6 Å². The van der Waals surface area contributed by atoms with Crippen LogP contribution in [0, 0.1) is 0 Å². The Labute approximate surface area is 106 Å². The second-order valence-electron chi connectivity index (χ2n) is 3.99. The summed E-state index contributed by atoms with van der Waals surface area (Å²) in [4.78, 5) is 2.31. The topological polar surface area (TPSA) is 12.5 Å². The van der Waals surface area contributed by atoms with Crippen LogP contribution in [-0.4, -0.2) is 25.8 Å². The Hall–Kier alpha value is -0.440. The van der Waals surface area contributed by atoms with Crippen molar-refractivity contribution in [2.75, 3.05) is 24.7 Å². The van der Waals surface area contributed by atoms with Crippen LogP contribution in [0.15, 0.2) is 18.2 Å². The van der Waals surface area contributed by atoms with Crippen LogP contribution in [-0.2, 0) is 10.6 Å². The van der Waals surface area contributed by atoms with Crippen molar-refractivity contribution >= 4 is 28.9 Å². The predicted molar refractivity (Wildman–Crippen MR) is 68.6 cm³/mol. The van der Waals surface area contributed by atoms with E-state index in [0.717, 1.165) is 36.0 Å². The van der Waals surface area contributed by atoms with E-state index >= 15 is 0 Å². The molecule has 1 aliphatic heterocycles. The Balaban J connectivity index is 2.34. The molecule has 1 aliphatic rings. The van der Waals surface area contributed by atoms with E-state index in [1.165, 1.54) is 0 Å². The highest BCUT2D eigenvalue weighted by molar-refractivity contribution is 6.32. The van der Waals surface area contributed by atoms with Crippen molar-refractivity contribution in [1.29, 1.82) is 0 Å². The first-order chi connectivity index (χ1) is 7.74. The minimum absolute atomic E-state index is 0.370. The van der Waals surface area contributed by atoms with Crippen molar-refractivity contribution in [3.8, 4) is 0 Å². The number of morpholine rings is 1. The molecule has 88 valence electrons. The van der Waals surface area contributed by atoms with Crippen LogP contribution < -0.4 is 4.90 Å². The van der Waals surface area contributed by atoms with Crippen molar-refractivity contribution in [3.63, 3.8) is 0 Å². The van der Waals surface area contributed by atoms with Gasteiger partial charge in [0.05, 0.1) is 19.1 Å². The number of nitrogens with zero attached hydrogens (tertiary/aromatic N) is 1. The second-order valence-corrected chi connectivity index (χ2v) is 4.66. The van der Waals surface area contributed by atoms with Crippen LogP contribution in [0.4, 0.5) is 5.69 Å². The second kappa shape index (κ2) is 5.26. The largest absolute Gasteiger partial charge is 0.377 e. The zero-order valence-electron chi connectivity index (χ0n) is 9.25. The Morgan fingerprint density at radius 1 is 1.50 bits per heavy atom. The van der Waals surface area contributed by atoms with E-state index < -0.39 is 0 Å². The van der Waals surface area contributed by atoms with Crippen LogP contribution in [0.3, 0.4) is 0 Å². The monoisotopic (exact) mass is 259 g/mol. The Kier molecular flexibility index (Phi) is 3.95. The molecule has 4 heteroatoms. The Morgan fingerprint density at radius 3 is 3.00 bits per heavy atom. The first-order valence-corrected chi connectivity index (χ1v) is 6.33. The molecule has 0 aliphatic carbocycles. The number of rotatable bonds is 2. The molecule has 0 aromatic heterocycles. The van der Waals surface area contributed by atoms with E-state index in [0.29, 0.717) is 11.9 Å². The lowest BCUT2D eigenvalue weighted by molar-refractivity contribution is 0.0989. The molecule has 0 bridgehead atoms. The number of halogens is 2. The molecule has 2 nitrogen and oxygen atoms in total. The quantitative estimate of drug-likeness (QED) is 0.756. The Morgan fingerprint density at radius 2 is 2.31 bits per heavy atom. The molecule has 1 fully saturated rings. The van der Waals surface area contributed by atoms with Crippen molar-refractivity contribution in [2.24, 2.45) is 0 Å². The maximum Gasteiger partial charge on any atom is 0.0668 e. The number of hydrogen-bond donors (Lipinski definition) is 0. The molecule has 1 unspecified atom stereocenters. The highest BCUT2D eigenvalue weighted by atomic mass is 35.5. The summed E-state index contributed by atoms with van der Waals surface area (Å²) >= 11 is 12.1. The summed E-state index contributed by atoms with van der Waals surface area (Å²) in [7, 11) is 0. The van der Waals surface area contributed by atoms with E-state index in [-0.39, 0.29) is 0 Å². The molecule has 0 saturated carbocycles. The normalized spacial score (nSPS) is 21.2. The van der Waals surface area contributed by atoms with Crippen LogP contribution >= 0.6 is 23.2 Å². The molecule has 0 amide bonds. The van der Waals surface area contributed by atoms with E-state index in [2.05, 4.69) is 17.9 Å². The van der Waals surface area contributed by atoms with Crippen molar-refractivity contribution in [1.82, 2.24) is 0 Å². The first-order valence-electron chi connectivity index (χ1n) is 5.41. The predicted octanol–water partition coefficient (Wildman–Crippen LogP) is 3.30. The summed E-state index contributed by atoms with van der Waals surface area (Å²) in [5.41, 5.74) is 2.15. The standard InChI is InChI=1S/C12H15Cl2NO/c1-9-8-16-6-5-15(9)12-4-2-3-11(14)10(12)7-13/h2-4,9H,5-8H2,1H3. The molecule has 1 atom stereocenters. The maximum atomic E-state index is 6.15. The van der Waals surface area contributed by atoms with Gasteiger partial charge < -0.3 is 9.64 Å². The third-order valence-corrected chi connectivity index (χ3v) is 3.53. The van der Waals surface area contributed by atoms with Gasteiger partial charge in [0.1, 0.15) is 0 Å². The van der Waals surface area contributed by atoms with Crippen molar-refractivity contribution in [3.05, 3.63) is 28.8 Å². The minimum Gasteiger partial charge on any atom is -0.377 e. The third kappa shape index (κ3) is 2.29. The molecule has 1 aromatic carbocycles. The van der Waals surface area contributed by atoms with E-state index in [4.69, 9.17) is 27.9 Å². The fourth-order valence-corrected chi connectivity index (χ4v) is 2.62. The molecule has 1 heterocycles. The van der Waals surface area contributed by atoms with E-state index in [1.54, 1.807) is 0 Å². The smallest absolute Gasteiger partial charge is 0.0668 e. The summed E-state index contributed by atoms with van der Waals surface area (Å²) in [5.74, 6) is 0.444. The molecule has 0 radical (unpaired) electrons. The van der Waals surface area contributed by atoms with Gasteiger partial charge in [-0.2, -0.15) is 0 Å². The van der Waals surface area contributed by atoms with Crippen molar-refractivity contribution < 1.29 is 4.74 Å². The zero-order valence-corrected chi connectivity index (χ0v) is 10.8. The maximum absolute atomic E-state index is 6.15. The van der Waals surface area contributed by atoms with Gasteiger partial charge in [-0.25, -0.2) is 0 Å². The van der Waals surface area contributed by atoms with E-state index in [9.17, 15) is 0 Å². The molecule has 0 spiro atoms. The molecule has 2 rings (SSSR count). The van der Waals surface area contributed by atoms with Crippen LogP contribution in [0.2, 0.25) is 5.02 Å². The van der Waals surface area contributed by atoms with Crippen molar-refractivity contribution in [2.45, 2.75) is 18.8 Å². The lowest BCUT2D eigenvalue weighted by Gasteiger charge is -2.36. The molecular formula is C12H15Cl2NO. The molecular weight excluding hydrogens is 245 g/mol. The van der Waals surface area contributed by atoms with Gasteiger partial charge in [0.15, 0.2) is 0 Å². The van der Waals surface area contributed by atoms with Gasteiger partial charge in [-0.3, -0.25) is 0 Å². The van der Waals surface area contributed by atoms with Gasteiger partial charge in [-0.1, -0.05) is 17.7 Å². The number of ether oxygens (including phenoxy) is 1. The summed E-state index contributed by atoms with van der Waals surface area (Å²) < 4.78 is 5.43. The lowest BCUT2D eigenvalue weighted by Crippen LogP contribution is -2.44. The molecule has 16 heavy (non-hydrogen) atoms. The number of alkyl halides is 1. The van der Waals surface area contributed by atoms with Gasteiger partial charge in [0.2, 0.25) is 0 Å². The first kappa shape index (κ1) is 12.0. The van der Waals surface area contributed by atoms with Crippen LogP contribution in [0.1, 0.15) is 12.5 Å². The number of hydrogen-bond acceptors (Lipinski definition) is 2. The van der Waals surface area contributed by atoms with Gasteiger partial charge in [0, 0.05) is 28.9 Å². The summed E-state index contributed by atoms with van der Waals surface area (Å²) in [6.45, 7) is 4.57. The fraction of sp³-hybridized carbons (Fsp3) is 0.500. The molecule has 0 N–H and O–H groups in total. The highest BCUT2D eigenvalue weighted by Crippen LogP contribution is 2.30. The van der Waals surface area contributed by atoms with E-state index in [1.807, 2.05) is 12.1 Å².